The van der Waals surface area contributed by atoms with Gasteiger partial charge in [0.05, 0.1) is 0 Å². The molecule has 0 fully saturated rings. The average molecular weight is 210 g/mol. The highest BCUT2D eigenvalue weighted by Crippen LogP contribution is 2.15. The molecule has 0 aliphatic heterocycles. The van der Waals surface area contributed by atoms with E-state index in [1.54, 1.807) is 12.1 Å². The number of hydrogen-bond donors (Lipinski definition) is 0. The second-order valence-corrected chi connectivity index (χ2v) is 3.23. The Morgan fingerprint density at radius 1 is 1.43 bits per heavy atom. The van der Waals surface area contributed by atoms with Crippen molar-refractivity contribution in [2.45, 2.75) is 6.42 Å². The number of Topliss-reactive ketones (excluding diaryl/α,β-unsaturated/α-hetero) is 1. The van der Waals surface area contributed by atoms with E-state index in [0.717, 1.165) is 0 Å². The van der Waals surface area contributed by atoms with Crippen LogP contribution in [0.1, 0.15) is 17.1 Å². The molecule has 0 amide bonds. The number of fused-ring (bicyclic) bond motifs is 1. The summed E-state index contributed by atoms with van der Waals surface area (Å²) in [5.74, 6) is 0.278. The Hall–Kier alpha value is -1.35. The van der Waals surface area contributed by atoms with Crippen LogP contribution in [0.5, 0.6) is 0 Å². The topological polar surface area (TPSA) is 43.1 Å². The Morgan fingerprint density at radius 2 is 2.21 bits per heavy atom. The van der Waals surface area contributed by atoms with Crippen molar-refractivity contribution in [3.8, 4) is 0 Å². The Kier molecular flexibility index (Phi) is 2.50. The van der Waals surface area contributed by atoms with E-state index < -0.39 is 0 Å². The van der Waals surface area contributed by atoms with Crippen LogP contribution in [-0.4, -0.2) is 16.6 Å². The zero-order valence-electron chi connectivity index (χ0n) is 7.37. The number of oxazole rings is 1. The quantitative estimate of drug-likeness (QED) is 0.577. The molecule has 4 heteroatoms. The molecule has 0 aliphatic rings. The highest BCUT2D eigenvalue weighted by molar-refractivity contribution is 6.19. The maximum absolute atomic E-state index is 11.4. The minimum Gasteiger partial charge on any atom is -0.434 e. The molecule has 0 unspecified atom stereocenters. The number of ketones is 1. The number of hydrogen-bond acceptors (Lipinski definition) is 3. The third-order valence-corrected chi connectivity index (χ3v) is 2.04. The van der Waals surface area contributed by atoms with E-state index in [1.807, 2.05) is 12.1 Å². The van der Waals surface area contributed by atoms with Crippen molar-refractivity contribution in [3.63, 3.8) is 0 Å². The van der Waals surface area contributed by atoms with E-state index in [9.17, 15) is 4.79 Å². The first kappa shape index (κ1) is 9.21. The molecule has 2 aromatic rings. The van der Waals surface area contributed by atoms with Crippen molar-refractivity contribution in [1.82, 2.24) is 4.98 Å². The summed E-state index contributed by atoms with van der Waals surface area (Å²) in [7, 11) is 0. The number of rotatable bonds is 3. The minimum atomic E-state index is -0.156. The highest BCUT2D eigenvalue weighted by Gasteiger charge is 2.12. The van der Waals surface area contributed by atoms with Crippen LogP contribution < -0.4 is 0 Å². The number of carbonyl (C=O) groups excluding carboxylic acids is 1. The molecule has 1 heterocycles. The van der Waals surface area contributed by atoms with Gasteiger partial charge in [0.15, 0.2) is 5.58 Å². The molecule has 0 N–H and O–H groups in total. The number of benzene rings is 1. The van der Waals surface area contributed by atoms with Crippen LogP contribution in [-0.2, 0) is 0 Å². The van der Waals surface area contributed by atoms with E-state index in [-0.39, 0.29) is 24.0 Å². The van der Waals surface area contributed by atoms with Crippen molar-refractivity contribution in [2.75, 3.05) is 5.88 Å². The summed E-state index contributed by atoms with van der Waals surface area (Å²) in [5, 5.41) is 0. The number of carbonyl (C=O) groups is 1. The third kappa shape index (κ3) is 1.63. The maximum Gasteiger partial charge on any atom is 0.264 e. The molecule has 0 atom stereocenters. The van der Waals surface area contributed by atoms with Crippen LogP contribution in [0.15, 0.2) is 28.7 Å². The smallest absolute Gasteiger partial charge is 0.264 e. The van der Waals surface area contributed by atoms with Gasteiger partial charge >= 0.3 is 0 Å². The van der Waals surface area contributed by atoms with Gasteiger partial charge in [-0.2, -0.15) is 0 Å². The second-order valence-electron chi connectivity index (χ2n) is 2.85. The first-order valence-corrected chi connectivity index (χ1v) is 4.79. The predicted octanol–water partition coefficient (Wildman–Crippen LogP) is 2.64. The third-order valence-electron chi connectivity index (χ3n) is 1.85. The van der Waals surface area contributed by atoms with Crippen molar-refractivity contribution in [3.05, 3.63) is 30.2 Å². The molecule has 3 nitrogen and oxygen atoms in total. The molecule has 0 bridgehead atoms. The molecule has 2 rings (SSSR count). The minimum absolute atomic E-state index is 0.145. The predicted molar refractivity (Wildman–Crippen MR) is 53.7 cm³/mol. The molecular weight excluding hydrogens is 202 g/mol. The van der Waals surface area contributed by atoms with E-state index in [4.69, 9.17) is 16.0 Å². The number of nitrogens with zero attached hydrogens (tertiary/aromatic N) is 1. The highest BCUT2D eigenvalue weighted by atomic mass is 35.5. The molecule has 0 spiro atoms. The van der Waals surface area contributed by atoms with Gasteiger partial charge < -0.3 is 4.42 Å². The molecule has 0 radical (unpaired) electrons. The molecule has 1 aromatic heterocycles. The fourth-order valence-electron chi connectivity index (χ4n) is 1.18. The lowest BCUT2D eigenvalue weighted by Gasteiger charge is -1.88. The summed E-state index contributed by atoms with van der Waals surface area (Å²) in [6, 6.07) is 7.26. The zero-order chi connectivity index (χ0) is 9.97. The van der Waals surface area contributed by atoms with Gasteiger partial charge in [0.1, 0.15) is 5.52 Å². The summed E-state index contributed by atoms with van der Waals surface area (Å²) in [5.41, 5.74) is 1.33. The fourth-order valence-corrected chi connectivity index (χ4v) is 1.36. The fraction of sp³-hybridized carbons (Fsp3) is 0.200. The Bertz CT molecular complexity index is 431. The van der Waals surface area contributed by atoms with Gasteiger partial charge in [-0.25, -0.2) is 4.98 Å². The summed E-state index contributed by atoms with van der Waals surface area (Å²) >= 11 is 5.45. The lowest BCUT2D eigenvalue weighted by molar-refractivity contribution is 0.0958. The van der Waals surface area contributed by atoms with Crippen LogP contribution in [0.3, 0.4) is 0 Å². The van der Waals surface area contributed by atoms with Crippen molar-refractivity contribution in [1.29, 1.82) is 0 Å². The first-order valence-electron chi connectivity index (χ1n) is 4.26. The summed E-state index contributed by atoms with van der Waals surface area (Å²) < 4.78 is 5.26. The number of aromatic nitrogens is 1. The summed E-state index contributed by atoms with van der Waals surface area (Å²) in [6.45, 7) is 0. The van der Waals surface area contributed by atoms with E-state index in [2.05, 4.69) is 4.98 Å². The lowest BCUT2D eigenvalue weighted by atomic mass is 10.3. The summed E-state index contributed by atoms with van der Waals surface area (Å²) in [6.07, 6.45) is 0.258. The molecule has 0 aliphatic carbocycles. The lowest BCUT2D eigenvalue weighted by Crippen LogP contribution is -1.99. The maximum atomic E-state index is 11.4. The standard InChI is InChI=1S/C10H8ClNO2/c11-6-5-8(13)10-12-7-3-1-2-4-9(7)14-10/h1-4H,5-6H2. The summed E-state index contributed by atoms with van der Waals surface area (Å²) in [4.78, 5) is 15.4. The number of para-hydroxylation sites is 2. The molecule has 0 saturated carbocycles. The Morgan fingerprint density at radius 3 is 2.93 bits per heavy atom. The zero-order valence-corrected chi connectivity index (χ0v) is 8.12. The van der Waals surface area contributed by atoms with Crippen molar-refractivity contribution >= 4 is 28.5 Å². The van der Waals surface area contributed by atoms with E-state index >= 15 is 0 Å². The van der Waals surface area contributed by atoms with Gasteiger partial charge in [-0.05, 0) is 12.1 Å². The SMILES string of the molecule is O=C(CCCl)c1nc2ccccc2o1. The Balaban J connectivity index is 2.40. The van der Waals surface area contributed by atoms with E-state index in [0.29, 0.717) is 11.1 Å². The normalized spacial score (nSPS) is 10.6. The van der Waals surface area contributed by atoms with Crippen molar-refractivity contribution in [2.24, 2.45) is 0 Å². The van der Waals surface area contributed by atoms with Gasteiger partial charge in [0.25, 0.3) is 5.89 Å². The van der Waals surface area contributed by atoms with Gasteiger partial charge in [-0.1, -0.05) is 12.1 Å². The largest absolute Gasteiger partial charge is 0.434 e. The van der Waals surface area contributed by atoms with Crippen molar-refractivity contribution < 1.29 is 9.21 Å². The first-order chi connectivity index (χ1) is 6.81. The molecule has 1 aromatic carbocycles. The molecular formula is C10H8ClNO2. The van der Waals surface area contributed by atoms with Crippen LogP contribution in [0.4, 0.5) is 0 Å². The van der Waals surface area contributed by atoms with Gasteiger partial charge in [-0.3, -0.25) is 4.79 Å². The second kappa shape index (κ2) is 3.80. The van der Waals surface area contributed by atoms with Crippen LogP contribution >= 0.6 is 11.6 Å². The number of alkyl halides is 1. The van der Waals surface area contributed by atoms with Crippen LogP contribution in [0.25, 0.3) is 11.1 Å². The van der Waals surface area contributed by atoms with E-state index in [1.165, 1.54) is 0 Å². The van der Waals surface area contributed by atoms with Gasteiger partial charge in [-0.15, -0.1) is 11.6 Å². The van der Waals surface area contributed by atoms with Crippen LogP contribution in [0.2, 0.25) is 0 Å². The van der Waals surface area contributed by atoms with Gasteiger partial charge in [0, 0.05) is 12.3 Å². The van der Waals surface area contributed by atoms with Gasteiger partial charge in [0.2, 0.25) is 5.78 Å². The molecule has 14 heavy (non-hydrogen) atoms. The average Bonchev–Trinajstić information content (AvgIpc) is 2.61. The number of halogens is 1. The molecule has 72 valence electrons. The van der Waals surface area contributed by atoms with Crippen LogP contribution in [0, 0.1) is 0 Å². The Labute approximate surface area is 85.7 Å². The monoisotopic (exact) mass is 209 g/mol. The molecule has 0 saturated heterocycles.